The van der Waals surface area contributed by atoms with Crippen LogP contribution in [0.1, 0.15) is 30.3 Å². The number of hydrogen-bond donors (Lipinski definition) is 1. The van der Waals surface area contributed by atoms with E-state index in [1.54, 1.807) is 12.1 Å². The highest BCUT2D eigenvalue weighted by atomic mass is 35.5. The van der Waals surface area contributed by atoms with Crippen LogP contribution in [0.2, 0.25) is 5.22 Å². The van der Waals surface area contributed by atoms with E-state index < -0.39 is 0 Å². The quantitative estimate of drug-likeness (QED) is 0.930. The average molecular weight is 307 g/mol. The zero-order valence-corrected chi connectivity index (χ0v) is 12.6. The van der Waals surface area contributed by atoms with Crippen molar-refractivity contribution in [2.75, 3.05) is 26.2 Å². The number of piperidine rings is 1. The molecule has 1 aliphatic heterocycles. The number of halogens is 2. The molecular weight excluding hydrogens is 287 g/mol. The summed E-state index contributed by atoms with van der Waals surface area (Å²) in [4.78, 5) is 13.9. The second kappa shape index (κ2) is 7.78. The standard InChI is InChI=1S/C13H19ClN2O2.ClH/c1-2-15-9-10-5-7-16(8-6-10)13(17)11-3-4-12(14)18-11;/h3-4,10,15H,2,5-9H2,1H3;1H. The molecule has 1 N–H and O–H groups in total. The SMILES string of the molecule is CCNCC1CCN(C(=O)c2ccc(Cl)o2)CC1.Cl. The molecule has 0 unspecified atom stereocenters. The molecule has 1 aromatic rings. The van der Waals surface area contributed by atoms with Crippen LogP contribution in [0.4, 0.5) is 0 Å². The van der Waals surface area contributed by atoms with Gasteiger partial charge in [0.1, 0.15) is 0 Å². The minimum absolute atomic E-state index is 0. The van der Waals surface area contributed by atoms with E-state index >= 15 is 0 Å². The van der Waals surface area contributed by atoms with Crippen molar-refractivity contribution in [3.05, 3.63) is 23.1 Å². The lowest BCUT2D eigenvalue weighted by Gasteiger charge is -2.31. The van der Waals surface area contributed by atoms with Crippen molar-refractivity contribution in [3.8, 4) is 0 Å². The molecule has 0 atom stereocenters. The fourth-order valence-electron chi connectivity index (χ4n) is 2.27. The molecule has 0 aliphatic carbocycles. The second-order valence-electron chi connectivity index (χ2n) is 4.65. The van der Waals surface area contributed by atoms with Gasteiger partial charge in [0, 0.05) is 13.1 Å². The monoisotopic (exact) mass is 306 g/mol. The van der Waals surface area contributed by atoms with Crippen molar-refractivity contribution in [2.45, 2.75) is 19.8 Å². The third-order valence-corrected chi connectivity index (χ3v) is 3.57. The predicted octanol–water partition coefficient (Wildman–Crippen LogP) is 2.82. The molecule has 2 heterocycles. The van der Waals surface area contributed by atoms with Crippen molar-refractivity contribution in [2.24, 2.45) is 5.92 Å². The minimum Gasteiger partial charge on any atom is -0.440 e. The molecule has 0 saturated carbocycles. The highest BCUT2D eigenvalue weighted by molar-refractivity contribution is 6.29. The van der Waals surface area contributed by atoms with Gasteiger partial charge >= 0.3 is 0 Å². The first-order valence-electron chi connectivity index (χ1n) is 6.46. The molecule has 1 saturated heterocycles. The molecule has 1 aliphatic rings. The maximum atomic E-state index is 12.1. The van der Waals surface area contributed by atoms with Gasteiger partial charge in [0.2, 0.25) is 0 Å². The van der Waals surface area contributed by atoms with Crippen molar-refractivity contribution in [1.29, 1.82) is 0 Å². The molecule has 0 radical (unpaired) electrons. The smallest absolute Gasteiger partial charge is 0.289 e. The van der Waals surface area contributed by atoms with E-state index in [0.717, 1.165) is 39.0 Å². The van der Waals surface area contributed by atoms with Crippen LogP contribution in [-0.2, 0) is 0 Å². The van der Waals surface area contributed by atoms with E-state index in [2.05, 4.69) is 12.2 Å². The number of nitrogens with zero attached hydrogens (tertiary/aromatic N) is 1. The molecule has 4 nitrogen and oxygen atoms in total. The van der Waals surface area contributed by atoms with Gasteiger partial charge in [-0.3, -0.25) is 4.79 Å². The lowest BCUT2D eigenvalue weighted by Crippen LogP contribution is -2.40. The molecular formula is C13H20Cl2N2O2. The normalized spacial score (nSPS) is 16.2. The zero-order valence-electron chi connectivity index (χ0n) is 11.0. The van der Waals surface area contributed by atoms with E-state index in [-0.39, 0.29) is 23.5 Å². The first-order chi connectivity index (χ1) is 8.70. The highest BCUT2D eigenvalue weighted by Gasteiger charge is 2.24. The van der Waals surface area contributed by atoms with E-state index in [1.807, 2.05) is 4.90 Å². The van der Waals surface area contributed by atoms with Crippen LogP contribution in [-0.4, -0.2) is 37.0 Å². The van der Waals surface area contributed by atoms with Gasteiger partial charge in [-0.15, -0.1) is 12.4 Å². The Morgan fingerprint density at radius 2 is 2.16 bits per heavy atom. The van der Waals surface area contributed by atoms with E-state index in [9.17, 15) is 4.79 Å². The summed E-state index contributed by atoms with van der Waals surface area (Å²) in [7, 11) is 0. The Balaban J connectivity index is 0.00000180. The molecule has 19 heavy (non-hydrogen) atoms. The van der Waals surface area contributed by atoms with Gasteiger partial charge in [0.25, 0.3) is 5.91 Å². The number of carbonyl (C=O) groups excluding carboxylic acids is 1. The summed E-state index contributed by atoms with van der Waals surface area (Å²) < 4.78 is 5.15. The number of likely N-dealkylation sites (tertiary alicyclic amines) is 1. The van der Waals surface area contributed by atoms with Crippen molar-refractivity contribution >= 4 is 29.9 Å². The summed E-state index contributed by atoms with van der Waals surface area (Å²) in [5, 5.41) is 3.62. The molecule has 1 amide bonds. The maximum absolute atomic E-state index is 12.1. The van der Waals surface area contributed by atoms with E-state index in [0.29, 0.717) is 11.7 Å². The van der Waals surface area contributed by atoms with Crippen molar-refractivity contribution in [1.82, 2.24) is 10.2 Å². The van der Waals surface area contributed by atoms with E-state index in [4.69, 9.17) is 16.0 Å². The average Bonchev–Trinajstić information content (AvgIpc) is 2.83. The first kappa shape index (κ1) is 16.3. The van der Waals surface area contributed by atoms with Gasteiger partial charge in [0.15, 0.2) is 11.0 Å². The Bertz CT molecular complexity index is 401. The van der Waals surface area contributed by atoms with Gasteiger partial charge in [-0.1, -0.05) is 6.92 Å². The number of hydrogen-bond acceptors (Lipinski definition) is 3. The summed E-state index contributed by atoms with van der Waals surface area (Å²) in [5.41, 5.74) is 0. The lowest BCUT2D eigenvalue weighted by atomic mass is 9.96. The molecule has 0 bridgehead atoms. The Labute approximate surface area is 124 Å². The van der Waals surface area contributed by atoms with Crippen LogP contribution in [0.5, 0.6) is 0 Å². The third-order valence-electron chi connectivity index (χ3n) is 3.37. The van der Waals surface area contributed by atoms with Gasteiger partial charge in [-0.05, 0) is 55.6 Å². The maximum Gasteiger partial charge on any atom is 0.289 e. The highest BCUT2D eigenvalue weighted by Crippen LogP contribution is 2.20. The largest absolute Gasteiger partial charge is 0.440 e. The van der Waals surface area contributed by atoms with Crippen LogP contribution in [0, 0.1) is 5.92 Å². The zero-order chi connectivity index (χ0) is 13.0. The summed E-state index contributed by atoms with van der Waals surface area (Å²) in [5.74, 6) is 0.961. The van der Waals surface area contributed by atoms with Gasteiger partial charge < -0.3 is 14.6 Å². The third kappa shape index (κ3) is 4.41. The Morgan fingerprint density at radius 1 is 1.47 bits per heavy atom. The molecule has 1 aromatic heterocycles. The number of rotatable bonds is 4. The number of nitrogens with one attached hydrogen (secondary N) is 1. The van der Waals surface area contributed by atoms with Crippen molar-refractivity contribution < 1.29 is 9.21 Å². The molecule has 108 valence electrons. The summed E-state index contributed by atoms with van der Waals surface area (Å²) in [6.07, 6.45) is 2.10. The number of carbonyl (C=O) groups is 1. The summed E-state index contributed by atoms with van der Waals surface area (Å²) in [6, 6.07) is 3.24. The van der Waals surface area contributed by atoms with Crippen LogP contribution in [0.25, 0.3) is 0 Å². The van der Waals surface area contributed by atoms with Gasteiger partial charge in [0.05, 0.1) is 0 Å². The molecule has 2 rings (SSSR count). The fraction of sp³-hybridized carbons (Fsp3) is 0.615. The molecule has 6 heteroatoms. The summed E-state index contributed by atoms with van der Waals surface area (Å²) in [6.45, 7) is 5.76. The van der Waals surface area contributed by atoms with Crippen LogP contribution < -0.4 is 5.32 Å². The molecule has 0 spiro atoms. The van der Waals surface area contributed by atoms with Crippen LogP contribution in [0.15, 0.2) is 16.5 Å². The second-order valence-corrected chi connectivity index (χ2v) is 5.02. The fourth-order valence-corrected chi connectivity index (χ4v) is 2.42. The predicted molar refractivity (Wildman–Crippen MR) is 78.1 cm³/mol. The summed E-state index contributed by atoms with van der Waals surface area (Å²) >= 11 is 5.68. The van der Waals surface area contributed by atoms with Gasteiger partial charge in [-0.25, -0.2) is 0 Å². The Hall–Kier alpha value is -0.710. The Kier molecular flexibility index (Phi) is 6.69. The number of amides is 1. The van der Waals surface area contributed by atoms with E-state index in [1.165, 1.54) is 0 Å². The lowest BCUT2D eigenvalue weighted by molar-refractivity contribution is 0.0658. The van der Waals surface area contributed by atoms with Crippen molar-refractivity contribution in [3.63, 3.8) is 0 Å². The Morgan fingerprint density at radius 3 is 2.68 bits per heavy atom. The first-order valence-corrected chi connectivity index (χ1v) is 6.84. The molecule has 0 aromatic carbocycles. The van der Waals surface area contributed by atoms with Crippen LogP contribution >= 0.6 is 24.0 Å². The van der Waals surface area contributed by atoms with Gasteiger partial charge in [-0.2, -0.15) is 0 Å². The molecule has 1 fully saturated rings. The van der Waals surface area contributed by atoms with Crippen LogP contribution in [0.3, 0.4) is 0 Å². The number of furan rings is 1. The topological polar surface area (TPSA) is 45.5 Å². The minimum atomic E-state index is -0.0520.